The predicted octanol–water partition coefficient (Wildman–Crippen LogP) is 1.72. The molecule has 1 atom stereocenters. The van der Waals surface area contributed by atoms with Gasteiger partial charge in [0.2, 0.25) is 5.88 Å². The molecule has 9 heteroatoms. The number of carbonyl (C=O) groups is 1. The number of benzene rings is 1. The van der Waals surface area contributed by atoms with Crippen molar-refractivity contribution in [3.05, 3.63) is 35.0 Å². The summed E-state index contributed by atoms with van der Waals surface area (Å²) in [5.41, 5.74) is 0.698. The van der Waals surface area contributed by atoms with Gasteiger partial charge in [-0.15, -0.1) is 0 Å². The van der Waals surface area contributed by atoms with Crippen molar-refractivity contribution in [1.82, 2.24) is 9.78 Å². The second-order valence-electron chi connectivity index (χ2n) is 6.46. The van der Waals surface area contributed by atoms with Gasteiger partial charge in [0.15, 0.2) is 15.6 Å². The lowest BCUT2D eigenvalue weighted by atomic mass is 10.00. The molecule has 0 bridgehead atoms. The summed E-state index contributed by atoms with van der Waals surface area (Å²) < 4.78 is 36.6. The Morgan fingerprint density at radius 1 is 1.41 bits per heavy atom. The largest absolute Gasteiger partial charge is 0.493 e. The van der Waals surface area contributed by atoms with Gasteiger partial charge in [-0.3, -0.25) is 4.79 Å². The molecule has 0 spiro atoms. The molecule has 2 aromatic rings. The van der Waals surface area contributed by atoms with Gasteiger partial charge in [-0.05, 0) is 26.0 Å². The molecule has 0 aliphatic carbocycles. The average Bonchev–Trinajstić information content (AvgIpc) is 2.93. The van der Waals surface area contributed by atoms with Crippen molar-refractivity contribution < 1.29 is 27.8 Å². The van der Waals surface area contributed by atoms with Crippen LogP contribution in [0, 0.1) is 6.92 Å². The molecule has 146 valence electrons. The Hall–Kier alpha value is -2.39. The summed E-state index contributed by atoms with van der Waals surface area (Å²) >= 11 is 0. The third kappa shape index (κ3) is 3.70. The Kier molecular flexibility index (Phi) is 5.25. The molecule has 1 N–H and O–H groups in total. The quantitative estimate of drug-likeness (QED) is 0.712. The highest BCUT2D eigenvalue weighted by molar-refractivity contribution is 7.90. The van der Waals surface area contributed by atoms with E-state index in [-0.39, 0.29) is 40.4 Å². The Morgan fingerprint density at radius 2 is 2.11 bits per heavy atom. The van der Waals surface area contributed by atoms with Gasteiger partial charge in [0.1, 0.15) is 22.8 Å². The van der Waals surface area contributed by atoms with Crippen molar-refractivity contribution in [2.24, 2.45) is 0 Å². The highest BCUT2D eigenvalue weighted by Gasteiger charge is 2.26. The maximum Gasteiger partial charge on any atom is 0.220 e. The van der Waals surface area contributed by atoms with Crippen LogP contribution in [0.3, 0.4) is 0 Å². The Balaban J connectivity index is 2.02. The van der Waals surface area contributed by atoms with Crippen LogP contribution in [0.15, 0.2) is 23.2 Å². The maximum absolute atomic E-state index is 12.9. The van der Waals surface area contributed by atoms with Gasteiger partial charge in [-0.2, -0.15) is 5.10 Å². The van der Waals surface area contributed by atoms with Gasteiger partial charge < -0.3 is 14.6 Å². The zero-order chi connectivity index (χ0) is 19.8. The topological polar surface area (TPSA) is 108 Å². The number of hydrogen-bond acceptors (Lipinski definition) is 7. The summed E-state index contributed by atoms with van der Waals surface area (Å²) in [4.78, 5) is 12.9. The van der Waals surface area contributed by atoms with Crippen LogP contribution >= 0.6 is 0 Å². The number of rotatable bonds is 7. The van der Waals surface area contributed by atoms with Crippen LogP contribution in [0.4, 0.5) is 0 Å². The van der Waals surface area contributed by atoms with E-state index in [1.807, 2.05) is 0 Å². The molecule has 1 aliphatic rings. The number of aryl methyl sites for hydroxylation is 1. The molecule has 1 unspecified atom stereocenters. The van der Waals surface area contributed by atoms with E-state index in [2.05, 4.69) is 5.10 Å². The van der Waals surface area contributed by atoms with Crippen molar-refractivity contribution in [3.63, 3.8) is 0 Å². The minimum Gasteiger partial charge on any atom is -0.493 e. The molecule has 8 nitrogen and oxygen atoms in total. The minimum atomic E-state index is -3.55. The molecule has 1 aromatic heterocycles. The van der Waals surface area contributed by atoms with Crippen LogP contribution in [0.2, 0.25) is 0 Å². The molecule has 2 heterocycles. The minimum absolute atomic E-state index is 0.0179. The second-order valence-corrected chi connectivity index (χ2v) is 8.44. The Morgan fingerprint density at radius 3 is 2.63 bits per heavy atom. The summed E-state index contributed by atoms with van der Waals surface area (Å²) in [6.07, 6.45) is 3.15. The second kappa shape index (κ2) is 7.32. The first-order valence-corrected chi connectivity index (χ1v) is 10.5. The molecule has 1 aromatic carbocycles. The van der Waals surface area contributed by atoms with Gasteiger partial charge in [-0.25, -0.2) is 13.1 Å². The number of aromatic nitrogens is 2. The number of ether oxygens (including phenoxy) is 2. The molecule has 27 heavy (non-hydrogen) atoms. The summed E-state index contributed by atoms with van der Waals surface area (Å²) in [6.45, 7) is 4.70. The SMILES string of the molecule is CCn1ncc(C(=O)c2ccc(S(C)(=O)=O)c(OCC3CCO3)c2C)c1O. The fraction of sp³-hybridized carbons (Fsp3) is 0.444. The van der Waals surface area contributed by atoms with Crippen LogP contribution in [-0.2, 0) is 21.1 Å². The van der Waals surface area contributed by atoms with E-state index in [0.29, 0.717) is 18.7 Å². The molecule has 1 saturated heterocycles. The maximum atomic E-state index is 12.9. The predicted molar refractivity (Wildman–Crippen MR) is 97.1 cm³/mol. The standard InChI is InChI=1S/C18H22N2O6S/c1-4-20-18(22)14(9-19-20)16(21)13-5-6-15(27(3,23)24)17(11(13)2)26-10-12-7-8-25-12/h5-6,9,12,22H,4,7-8,10H2,1-3H3. The number of sulfone groups is 1. The molecule has 3 rings (SSSR count). The fourth-order valence-electron chi connectivity index (χ4n) is 2.89. The lowest BCUT2D eigenvalue weighted by molar-refractivity contribution is -0.0725. The fourth-order valence-corrected chi connectivity index (χ4v) is 3.76. The summed E-state index contributed by atoms with van der Waals surface area (Å²) in [5.74, 6) is -0.532. The zero-order valence-corrected chi connectivity index (χ0v) is 16.2. The summed E-state index contributed by atoms with van der Waals surface area (Å²) in [5, 5.41) is 14.1. The highest BCUT2D eigenvalue weighted by atomic mass is 32.2. The third-order valence-corrected chi connectivity index (χ3v) is 5.70. The first-order valence-electron chi connectivity index (χ1n) is 8.61. The summed E-state index contributed by atoms with van der Waals surface area (Å²) in [7, 11) is -3.55. The van der Waals surface area contributed by atoms with Crippen molar-refractivity contribution in [2.75, 3.05) is 19.5 Å². The van der Waals surface area contributed by atoms with E-state index < -0.39 is 15.6 Å². The van der Waals surface area contributed by atoms with Gasteiger partial charge >= 0.3 is 0 Å². The van der Waals surface area contributed by atoms with Gasteiger partial charge in [0.05, 0.1) is 12.3 Å². The van der Waals surface area contributed by atoms with Crippen LogP contribution in [-0.4, -0.2) is 54.7 Å². The number of nitrogens with zero attached hydrogens (tertiary/aromatic N) is 2. The lowest BCUT2D eigenvalue weighted by Crippen LogP contribution is -2.33. The first kappa shape index (κ1) is 19.4. The summed E-state index contributed by atoms with van der Waals surface area (Å²) in [6, 6.07) is 2.79. The van der Waals surface area contributed by atoms with Crippen molar-refractivity contribution in [3.8, 4) is 11.6 Å². The monoisotopic (exact) mass is 394 g/mol. The van der Waals surface area contributed by atoms with E-state index in [4.69, 9.17) is 9.47 Å². The number of carbonyl (C=O) groups excluding carboxylic acids is 1. The number of aromatic hydroxyl groups is 1. The molecular formula is C18H22N2O6S. The van der Waals surface area contributed by atoms with Crippen molar-refractivity contribution in [2.45, 2.75) is 37.8 Å². The van der Waals surface area contributed by atoms with E-state index in [9.17, 15) is 18.3 Å². The van der Waals surface area contributed by atoms with Crippen LogP contribution in [0.25, 0.3) is 0 Å². The highest BCUT2D eigenvalue weighted by Crippen LogP contribution is 2.33. The van der Waals surface area contributed by atoms with E-state index in [0.717, 1.165) is 12.7 Å². The van der Waals surface area contributed by atoms with E-state index in [1.54, 1.807) is 13.8 Å². The molecular weight excluding hydrogens is 372 g/mol. The molecule has 0 saturated carbocycles. The lowest BCUT2D eigenvalue weighted by Gasteiger charge is -2.27. The molecule has 1 fully saturated rings. The smallest absolute Gasteiger partial charge is 0.220 e. The Labute approximate surface area is 157 Å². The van der Waals surface area contributed by atoms with E-state index >= 15 is 0 Å². The van der Waals surface area contributed by atoms with Crippen LogP contribution in [0.5, 0.6) is 11.6 Å². The van der Waals surface area contributed by atoms with Gasteiger partial charge in [0, 0.05) is 37.0 Å². The van der Waals surface area contributed by atoms with Crippen molar-refractivity contribution in [1.29, 1.82) is 0 Å². The third-order valence-electron chi connectivity index (χ3n) is 4.58. The van der Waals surface area contributed by atoms with Crippen LogP contribution in [0.1, 0.15) is 34.8 Å². The van der Waals surface area contributed by atoms with Gasteiger partial charge in [0.25, 0.3) is 0 Å². The van der Waals surface area contributed by atoms with Gasteiger partial charge in [-0.1, -0.05) is 0 Å². The first-order chi connectivity index (χ1) is 12.7. The molecule has 0 radical (unpaired) electrons. The molecule has 1 aliphatic heterocycles. The number of ketones is 1. The average molecular weight is 394 g/mol. The van der Waals surface area contributed by atoms with Crippen molar-refractivity contribution >= 4 is 15.6 Å². The molecule has 0 amide bonds. The normalized spacial score (nSPS) is 16.8. The zero-order valence-electron chi connectivity index (χ0n) is 15.4. The van der Waals surface area contributed by atoms with Crippen LogP contribution < -0.4 is 4.74 Å². The number of hydrogen-bond donors (Lipinski definition) is 1. The Bertz CT molecular complexity index is 976. The van der Waals surface area contributed by atoms with E-state index in [1.165, 1.54) is 23.0 Å².